The number of piperidine rings is 1. The smallest absolute Gasteiger partial charge is 0.276 e. The quantitative estimate of drug-likeness (QED) is 0.645. The zero-order valence-corrected chi connectivity index (χ0v) is 17.2. The van der Waals surface area contributed by atoms with Crippen molar-refractivity contribution in [3.05, 3.63) is 54.0 Å². The number of aromatic nitrogens is 4. The lowest BCUT2D eigenvalue weighted by Gasteiger charge is -2.32. The highest BCUT2D eigenvalue weighted by atomic mass is 16.2. The highest BCUT2D eigenvalue weighted by molar-refractivity contribution is 5.91. The summed E-state index contributed by atoms with van der Waals surface area (Å²) in [6, 6.07) is 10.8. The van der Waals surface area contributed by atoms with Crippen molar-refractivity contribution in [1.29, 1.82) is 0 Å². The predicted molar refractivity (Wildman–Crippen MR) is 113 cm³/mol. The van der Waals surface area contributed by atoms with E-state index in [1.807, 2.05) is 37.0 Å². The monoisotopic (exact) mass is 392 g/mol. The Hall–Kier alpha value is -2.80. The maximum atomic E-state index is 12.5. The van der Waals surface area contributed by atoms with Gasteiger partial charge in [-0.25, -0.2) is 4.68 Å². The fraction of sp³-hybridized carbons (Fsp3) is 0.455. The first-order valence-electron chi connectivity index (χ1n) is 10.4. The maximum Gasteiger partial charge on any atom is 0.276 e. The van der Waals surface area contributed by atoms with Crippen LogP contribution < -0.4 is 0 Å². The summed E-state index contributed by atoms with van der Waals surface area (Å²) in [5.41, 5.74) is 2.76. The number of carbonyl (C=O) groups is 1. The third-order valence-corrected chi connectivity index (χ3v) is 5.71. The second-order valence-corrected chi connectivity index (χ2v) is 7.62. The van der Waals surface area contributed by atoms with Crippen LogP contribution in [0.25, 0.3) is 10.9 Å². The van der Waals surface area contributed by atoms with Crippen LogP contribution in [-0.4, -0.2) is 61.9 Å². The molecule has 0 unspecified atom stereocenters. The largest absolute Gasteiger partial charge is 0.338 e. The number of pyridine rings is 1. The van der Waals surface area contributed by atoms with E-state index in [0.717, 1.165) is 38.0 Å². The fourth-order valence-corrected chi connectivity index (χ4v) is 4.10. The average Bonchev–Trinajstić information content (AvgIpc) is 3.25. The number of hydrogen-bond acceptors (Lipinski definition) is 5. The van der Waals surface area contributed by atoms with E-state index in [-0.39, 0.29) is 11.9 Å². The van der Waals surface area contributed by atoms with E-state index in [1.54, 1.807) is 4.90 Å². The first-order valence-corrected chi connectivity index (χ1v) is 10.4. The van der Waals surface area contributed by atoms with Gasteiger partial charge in [0.05, 0.1) is 17.8 Å². The van der Waals surface area contributed by atoms with E-state index in [4.69, 9.17) is 0 Å². The van der Waals surface area contributed by atoms with Crippen LogP contribution in [0.5, 0.6) is 0 Å². The normalized spacial score (nSPS) is 17.5. The Morgan fingerprint density at radius 2 is 2.10 bits per heavy atom. The highest BCUT2D eigenvalue weighted by Crippen LogP contribution is 2.23. The molecular weight excluding hydrogens is 364 g/mol. The van der Waals surface area contributed by atoms with E-state index < -0.39 is 0 Å². The van der Waals surface area contributed by atoms with Gasteiger partial charge in [0.25, 0.3) is 5.91 Å². The van der Waals surface area contributed by atoms with E-state index in [9.17, 15) is 4.79 Å². The number of hydrogen-bond donors (Lipinski definition) is 0. The van der Waals surface area contributed by atoms with Crippen molar-refractivity contribution in [3.8, 4) is 0 Å². The van der Waals surface area contributed by atoms with Crippen LogP contribution in [0, 0.1) is 0 Å². The van der Waals surface area contributed by atoms with Crippen LogP contribution in [0.2, 0.25) is 0 Å². The molecule has 1 atom stereocenters. The fourth-order valence-electron chi connectivity index (χ4n) is 4.10. The van der Waals surface area contributed by atoms with Crippen molar-refractivity contribution in [3.63, 3.8) is 0 Å². The molecule has 0 bridgehead atoms. The van der Waals surface area contributed by atoms with Crippen LogP contribution in [0.15, 0.2) is 42.7 Å². The van der Waals surface area contributed by atoms with Crippen LogP contribution in [0.4, 0.5) is 0 Å². The molecule has 0 radical (unpaired) electrons. The Labute approximate surface area is 171 Å². The molecule has 1 saturated heterocycles. The maximum absolute atomic E-state index is 12.5. The van der Waals surface area contributed by atoms with Gasteiger partial charge in [0.1, 0.15) is 0 Å². The van der Waals surface area contributed by atoms with Gasteiger partial charge >= 0.3 is 0 Å². The average molecular weight is 393 g/mol. The molecule has 0 N–H and O–H groups in total. The summed E-state index contributed by atoms with van der Waals surface area (Å²) in [5, 5.41) is 9.60. The van der Waals surface area contributed by atoms with E-state index in [1.165, 1.54) is 10.9 Å². The number of benzene rings is 1. The summed E-state index contributed by atoms with van der Waals surface area (Å²) < 4.78 is 1.88. The molecular formula is C22H28N6O. The number of fused-ring (bicyclic) bond motifs is 1. The lowest BCUT2D eigenvalue weighted by molar-refractivity contribution is 0.0767. The van der Waals surface area contributed by atoms with Crippen molar-refractivity contribution in [2.75, 3.05) is 26.2 Å². The topological polar surface area (TPSA) is 67.2 Å². The first-order chi connectivity index (χ1) is 14.2. The van der Waals surface area contributed by atoms with Gasteiger partial charge in [-0.3, -0.25) is 14.7 Å². The number of nitrogens with zero attached hydrogens (tertiary/aromatic N) is 6. The van der Waals surface area contributed by atoms with Crippen molar-refractivity contribution >= 4 is 16.8 Å². The second kappa shape index (κ2) is 8.69. The lowest BCUT2D eigenvalue weighted by Crippen LogP contribution is -2.36. The third-order valence-electron chi connectivity index (χ3n) is 5.71. The van der Waals surface area contributed by atoms with Crippen LogP contribution in [0.1, 0.15) is 48.8 Å². The zero-order chi connectivity index (χ0) is 20.2. The Balaban J connectivity index is 1.43. The molecule has 152 valence electrons. The van der Waals surface area contributed by atoms with Crippen molar-refractivity contribution in [1.82, 2.24) is 29.8 Å². The molecule has 2 aromatic heterocycles. The highest BCUT2D eigenvalue weighted by Gasteiger charge is 2.24. The van der Waals surface area contributed by atoms with Crippen LogP contribution in [0.3, 0.4) is 0 Å². The van der Waals surface area contributed by atoms with Crippen molar-refractivity contribution in [2.45, 2.75) is 39.3 Å². The molecule has 3 heterocycles. The second-order valence-electron chi connectivity index (χ2n) is 7.62. The molecule has 0 saturated carbocycles. The number of rotatable bonds is 6. The third kappa shape index (κ3) is 4.29. The zero-order valence-electron chi connectivity index (χ0n) is 17.2. The molecule has 29 heavy (non-hydrogen) atoms. The molecule has 0 aliphatic carbocycles. The summed E-state index contributed by atoms with van der Waals surface area (Å²) >= 11 is 0. The minimum atomic E-state index is -0.0429. The summed E-state index contributed by atoms with van der Waals surface area (Å²) in [6.07, 6.45) is 5.81. The van der Waals surface area contributed by atoms with E-state index in [2.05, 4.69) is 44.5 Å². The van der Waals surface area contributed by atoms with Gasteiger partial charge in [0, 0.05) is 37.8 Å². The Morgan fingerprint density at radius 3 is 2.93 bits per heavy atom. The summed E-state index contributed by atoms with van der Waals surface area (Å²) in [5.74, 6) is -0.0429. The van der Waals surface area contributed by atoms with Crippen molar-refractivity contribution < 1.29 is 4.79 Å². The minimum Gasteiger partial charge on any atom is -0.338 e. The van der Waals surface area contributed by atoms with Gasteiger partial charge in [-0.2, -0.15) is 0 Å². The molecule has 4 rings (SSSR count). The van der Waals surface area contributed by atoms with Crippen molar-refractivity contribution in [2.24, 2.45) is 0 Å². The van der Waals surface area contributed by atoms with E-state index in [0.29, 0.717) is 18.8 Å². The number of amides is 1. The number of carbonyl (C=O) groups excluding carboxylic acids is 1. The van der Waals surface area contributed by atoms with Gasteiger partial charge < -0.3 is 4.90 Å². The molecule has 1 fully saturated rings. The first kappa shape index (κ1) is 19.5. The molecule has 1 aliphatic heterocycles. The van der Waals surface area contributed by atoms with Gasteiger partial charge in [0.2, 0.25) is 0 Å². The Kier molecular flexibility index (Phi) is 5.85. The van der Waals surface area contributed by atoms with Gasteiger partial charge in [-0.05, 0) is 57.0 Å². The standard InChI is InChI=1S/C22H28N6O/c1-3-27(4-2)22(29)21-16-28(25-24-21)19-8-6-12-26(15-19)14-17-9-10-20-18(13-17)7-5-11-23-20/h5,7,9-11,13,16,19H,3-4,6,8,12,14-15H2,1-2H3/t19-/m1/s1. The van der Waals surface area contributed by atoms with Crippen LogP contribution >= 0.6 is 0 Å². The molecule has 7 nitrogen and oxygen atoms in total. The lowest BCUT2D eigenvalue weighted by atomic mass is 10.0. The molecule has 7 heteroatoms. The van der Waals surface area contributed by atoms with E-state index >= 15 is 0 Å². The summed E-state index contributed by atoms with van der Waals surface area (Å²) in [6.45, 7) is 8.21. The molecule has 1 aliphatic rings. The molecule has 0 spiro atoms. The molecule has 1 amide bonds. The number of likely N-dealkylation sites (tertiary alicyclic amines) is 1. The Morgan fingerprint density at radius 1 is 1.24 bits per heavy atom. The van der Waals surface area contributed by atoms with Gasteiger partial charge in [-0.15, -0.1) is 5.10 Å². The molecule has 1 aromatic carbocycles. The minimum absolute atomic E-state index is 0.0429. The summed E-state index contributed by atoms with van der Waals surface area (Å²) in [7, 11) is 0. The predicted octanol–water partition coefficient (Wildman–Crippen LogP) is 3.15. The van der Waals surface area contributed by atoms with Gasteiger partial charge in [0.15, 0.2) is 5.69 Å². The van der Waals surface area contributed by atoms with Crippen LogP contribution in [-0.2, 0) is 6.54 Å². The summed E-state index contributed by atoms with van der Waals surface area (Å²) in [4.78, 5) is 21.1. The SMILES string of the molecule is CCN(CC)C(=O)c1cn([C@@H]2CCCN(Cc3ccc4ncccc4c3)C2)nn1. The Bertz CT molecular complexity index is 980. The molecule has 3 aromatic rings. The van der Waals surface area contributed by atoms with Gasteiger partial charge in [-0.1, -0.05) is 17.3 Å².